The van der Waals surface area contributed by atoms with Gasteiger partial charge in [-0.15, -0.1) is 0 Å². The van der Waals surface area contributed by atoms with Crippen LogP contribution >= 0.6 is 0 Å². The summed E-state index contributed by atoms with van der Waals surface area (Å²) in [5.74, 6) is -8.60. The highest BCUT2D eigenvalue weighted by Gasteiger charge is 2.76. The fourth-order valence-electron chi connectivity index (χ4n) is 4.11. The zero-order valence-corrected chi connectivity index (χ0v) is 19.8. The molecule has 8 nitrogen and oxygen atoms in total. The molecule has 0 saturated heterocycles. The standard InChI is InChI=1S/C26H25F2N3O5/c1-15-7-4-5-8-19(15)16(2)36-25(34)30-20-9-6-14-31(20)18-12-10-17(11-13-18)29-23(32)21-22(24(33)35-3)26(21,27)28/h4-14,16,21-22H,1-3H3,(H,29,32)(H,30,34)/t16-,21+,22+/m1/s1. The summed E-state index contributed by atoms with van der Waals surface area (Å²) in [6, 6.07) is 17.4. The minimum atomic E-state index is -3.44. The van der Waals surface area contributed by atoms with E-state index in [1.165, 1.54) is 12.1 Å². The number of esters is 1. The van der Waals surface area contributed by atoms with Gasteiger partial charge in [-0.25, -0.2) is 13.6 Å². The van der Waals surface area contributed by atoms with Crippen molar-refractivity contribution in [1.29, 1.82) is 0 Å². The number of hydrogen-bond acceptors (Lipinski definition) is 5. The number of nitrogens with zero attached hydrogens (tertiary/aromatic N) is 1. The lowest BCUT2D eigenvalue weighted by Gasteiger charge is -2.17. The second-order valence-electron chi connectivity index (χ2n) is 8.48. The largest absolute Gasteiger partial charge is 0.469 e. The third-order valence-corrected chi connectivity index (χ3v) is 6.09. The highest BCUT2D eigenvalue weighted by Crippen LogP contribution is 2.56. The molecule has 2 aromatic carbocycles. The molecular formula is C26H25F2N3O5. The number of carbonyl (C=O) groups is 3. The second-order valence-corrected chi connectivity index (χ2v) is 8.48. The molecule has 0 spiro atoms. The Kier molecular flexibility index (Phi) is 6.78. The molecule has 0 aliphatic heterocycles. The first-order chi connectivity index (χ1) is 17.1. The summed E-state index contributed by atoms with van der Waals surface area (Å²) >= 11 is 0. The number of ether oxygens (including phenoxy) is 2. The monoisotopic (exact) mass is 497 g/mol. The zero-order chi connectivity index (χ0) is 26.0. The van der Waals surface area contributed by atoms with Crippen LogP contribution in [0.15, 0.2) is 66.9 Å². The number of nitrogens with one attached hydrogen (secondary N) is 2. The van der Waals surface area contributed by atoms with Crippen molar-refractivity contribution in [3.8, 4) is 5.69 Å². The van der Waals surface area contributed by atoms with Crippen LogP contribution in [0.3, 0.4) is 0 Å². The molecule has 1 saturated carbocycles. The molecule has 1 fully saturated rings. The molecule has 3 aromatic rings. The average molecular weight is 497 g/mol. The van der Waals surface area contributed by atoms with Crippen molar-refractivity contribution in [1.82, 2.24) is 4.57 Å². The van der Waals surface area contributed by atoms with Gasteiger partial charge in [-0.05, 0) is 61.4 Å². The highest BCUT2D eigenvalue weighted by molar-refractivity contribution is 6.00. The van der Waals surface area contributed by atoms with Crippen LogP contribution in [0.2, 0.25) is 0 Å². The maximum Gasteiger partial charge on any atom is 0.413 e. The van der Waals surface area contributed by atoms with Crippen LogP contribution in [0.1, 0.15) is 24.2 Å². The zero-order valence-electron chi connectivity index (χ0n) is 19.8. The summed E-state index contributed by atoms with van der Waals surface area (Å²) < 4.78 is 39.2. The topological polar surface area (TPSA) is 98.7 Å². The normalized spacial score (nSPS) is 18.6. The Morgan fingerprint density at radius 1 is 0.972 bits per heavy atom. The van der Waals surface area contributed by atoms with E-state index < -0.39 is 41.8 Å². The molecule has 1 aromatic heterocycles. The fourth-order valence-corrected chi connectivity index (χ4v) is 4.11. The second kappa shape index (κ2) is 9.80. The van der Waals surface area contributed by atoms with Gasteiger partial charge in [0.15, 0.2) is 0 Å². The molecule has 36 heavy (non-hydrogen) atoms. The highest BCUT2D eigenvalue weighted by atomic mass is 19.3. The number of benzene rings is 2. The van der Waals surface area contributed by atoms with Crippen LogP contribution in [0.4, 0.5) is 25.1 Å². The molecule has 1 aliphatic carbocycles. The SMILES string of the molecule is COC(=O)[C@@H]1[C@@H](C(=O)Nc2ccc(-n3cccc3NC(=O)O[C@H](C)c3ccccc3C)cc2)C1(F)F. The van der Waals surface area contributed by atoms with Crippen LogP contribution < -0.4 is 10.6 Å². The lowest BCUT2D eigenvalue weighted by Crippen LogP contribution is -2.19. The van der Waals surface area contributed by atoms with Crippen LogP contribution in [0, 0.1) is 18.8 Å². The van der Waals surface area contributed by atoms with E-state index in [1.54, 1.807) is 42.0 Å². The average Bonchev–Trinajstić information content (AvgIpc) is 3.16. The van der Waals surface area contributed by atoms with Gasteiger partial charge >= 0.3 is 12.1 Å². The minimum Gasteiger partial charge on any atom is -0.469 e. The molecule has 188 valence electrons. The quantitative estimate of drug-likeness (QED) is 0.443. The molecular weight excluding hydrogens is 472 g/mol. The lowest BCUT2D eigenvalue weighted by atomic mass is 10.1. The van der Waals surface area contributed by atoms with Crippen molar-refractivity contribution in [3.05, 3.63) is 78.0 Å². The van der Waals surface area contributed by atoms with Crippen molar-refractivity contribution >= 4 is 29.5 Å². The Bertz CT molecular complexity index is 1290. The van der Waals surface area contributed by atoms with E-state index in [0.29, 0.717) is 11.5 Å². The number of aromatic nitrogens is 1. The van der Waals surface area contributed by atoms with Gasteiger partial charge in [0.2, 0.25) is 5.91 Å². The van der Waals surface area contributed by atoms with Crippen LogP contribution in [0.5, 0.6) is 0 Å². The Labute approximate surface area is 206 Å². The predicted molar refractivity (Wildman–Crippen MR) is 128 cm³/mol. The number of amides is 2. The summed E-state index contributed by atoms with van der Waals surface area (Å²) in [5, 5.41) is 5.12. The third-order valence-electron chi connectivity index (χ3n) is 6.09. The van der Waals surface area contributed by atoms with Gasteiger partial charge < -0.3 is 19.4 Å². The van der Waals surface area contributed by atoms with Crippen molar-refractivity contribution in [2.24, 2.45) is 11.8 Å². The Balaban J connectivity index is 1.39. The van der Waals surface area contributed by atoms with E-state index in [4.69, 9.17) is 4.74 Å². The molecule has 2 amide bonds. The first-order valence-electron chi connectivity index (χ1n) is 11.2. The summed E-state index contributed by atoms with van der Waals surface area (Å²) in [4.78, 5) is 36.2. The molecule has 0 bridgehead atoms. The number of halogens is 2. The fraction of sp³-hybridized carbons (Fsp3) is 0.269. The van der Waals surface area contributed by atoms with E-state index in [1.807, 2.05) is 31.2 Å². The minimum absolute atomic E-state index is 0.281. The summed E-state index contributed by atoms with van der Waals surface area (Å²) in [7, 11) is 0.999. The number of hydrogen-bond donors (Lipinski definition) is 2. The van der Waals surface area contributed by atoms with Gasteiger partial charge in [-0.3, -0.25) is 14.9 Å². The maximum atomic E-state index is 13.8. The van der Waals surface area contributed by atoms with Crippen LogP contribution in [-0.2, 0) is 19.1 Å². The van der Waals surface area contributed by atoms with Crippen molar-refractivity contribution in [3.63, 3.8) is 0 Å². The Morgan fingerprint density at radius 3 is 2.33 bits per heavy atom. The van der Waals surface area contributed by atoms with Gasteiger partial charge in [-0.1, -0.05) is 24.3 Å². The number of anilines is 2. The number of alkyl halides is 2. The lowest BCUT2D eigenvalue weighted by molar-refractivity contribution is -0.144. The molecule has 10 heteroatoms. The Morgan fingerprint density at radius 2 is 1.67 bits per heavy atom. The summed E-state index contributed by atoms with van der Waals surface area (Å²) in [6.45, 7) is 3.73. The van der Waals surface area contributed by atoms with Gasteiger partial charge in [0.1, 0.15) is 23.8 Å². The predicted octanol–water partition coefficient (Wildman–Crippen LogP) is 5.09. The van der Waals surface area contributed by atoms with E-state index in [9.17, 15) is 23.2 Å². The molecule has 1 aliphatic rings. The Hall–Kier alpha value is -4.21. The van der Waals surface area contributed by atoms with E-state index in [0.717, 1.165) is 18.2 Å². The first kappa shape index (κ1) is 24.9. The van der Waals surface area contributed by atoms with Crippen LogP contribution in [-0.4, -0.2) is 35.6 Å². The van der Waals surface area contributed by atoms with E-state index in [2.05, 4.69) is 15.4 Å². The van der Waals surface area contributed by atoms with Crippen molar-refractivity contribution in [2.75, 3.05) is 17.7 Å². The van der Waals surface area contributed by atoms with Gasteiger partial charge in [0.25, 0.3) is 5.92 Å². The number of carbonyl (C=O) groups excluding carboxylic acids is 3. The van der Waals surface area contributed by atoms with Crippen LogP contribution in [0.25, 0.3) is 5.69 Å². The smallest absolute Gasteiger partial charge is 0.413 e. The molecule has 0 unspecified atom stereocenters. The van der Waals surface area contributed by atoms with Crippen molar-refractivity contribution in [2.45, 2.75) is 25.9 Å². The van der Waals surface area contributed by atoms with Gasteiger partial charge in [0, 0.05) is 17.6 Å². The number of methoxy groups -OCH3 is 1. The van der Waals surface area contributed by atoms with E-state index in [-0.39, 0.29) is 5.69 Å². The first-order valence-corrected chi connectivity index (χ1v) is 11.2. The summed E-state index contributed by atoms with van der Waals surface area (Å²) in [6.07, 6.45) is 0.648. The molecule has 2 N–H and O–H groups in total. The third kappa shape index (κ3) is 4.93. The number of rotatable bonds is 7. The molecule has 3 atom stereocenters. The molecule has 1 heterocycles. The van der Waals surface area contributed by atoms with Crippen molar-refractivity contribution < 1.29 is 32.6 Å². The van der Waals surface area contributed by atoms with Gasteiger partial charge in [-0.2, -0.15) is 0 Å². The van der Waals surface area contributed by atoms with E-state index >= 15 is 0 Å². The van der Waals surface area contributed by atoms with Gasteiger partial charge in [0.05, 0.1) is 7.11 Å². The summed E-state index contributed by atoms with van der Waals surface area (Å²) in [5.41, 5.74) is 2.84. The number of aryl methyl sites for hydroxylation is 1. The maximum absolute atomic E-state index is 13.8. The molecule has 0 radical (unpaired) electrons. The molecule has 4 rings (SSSR count).